The molecule has 6 rings (SSSR count). The van der Waals surface area contributed by atoms with E-state index in [-0.39, 0.29) is 24.9 Å². The molecule has 0 saturated carbocycles. The lowest BCUT2D eigenvalue weighted by Gasteiger charge is -2.19. The Morgan fingerprint density at radius 1 is 1.14 bits per heavy atom. The molecule has 0 amide bonds. The van der Waals surface area contributed by atoms with E-state index in [9.17, 15) is 9.32 Å². The lowest BCUT2D eigenvalue weighted by Crippen LogP contribution is -2.34. The van der Waals surface area contributed by atoms with E-state index in [2.05, 4.69) is 24.6 Å². The fourth-order valence-electron chi connectivity index (χ4n) is 4.96. The molecule has 3 fully saturated rings. The third kappa shape index (κ3) is 4.33. The average molecular weight is 498 g/mol. The van der Waals surface area contributed by atoms with Crippen LogP contribution in [0, 0.1) is 6.92 Å². The number of rotatable bonds is 5. The smallest absolute Gasteiger partial charge is 0.238 e. The fourth-order valence-corrected chi connectivity index (χ4v) is 7.14. The van der Waals surface area contributed by atoms with Gasteiger partial charge < -0.3 is 24.6 Å². The van der Waals surface area contributed by atoms with Gasteiger partial charge in [0, 0.05) is 23.1 Å². The average Bonchev–Trinajstić information content (AvgIpc) is 3.54. The highest BCUT2D eigenvalue weighted by molar-refractivity contribution is 7.93. The Hall–Kier alpha value is -2.86. The normalized spacial score (nSPS) is 27.1. The van der Waals surface area contributed by atoms with E-state index in [1.165, 1.54) is 6.33 Å². The van der Waals surface area contributed by atoms with Crippen LogP contribution < -0.4 is 10.1 Å². The molecule has 2 aromatic heterocycles. The quantitative estimate of drug-likeness (QED) is 0.547. The molecule has 0 aliphatic carbocycles. The van der Waals surface area contributed by atoms with E-state index >= 15 is 0 Å². The molecule has 35 heavy (non-hydrogen) atoms. The van der Waals surface area contributed by atoms with E-state index in [1.54, 1.807) is 6.20 Å². The van der Waals surface area contributed by atoms with Crippen molar-refractivity contribution in [2.45, 2.75) is 44.2 Å². The zero-order valence-corrected chi connectivity index (χ0v) is 20.1. The van der Waals surface area contributed by atoms with Gasteiger partial charge in [-0.3, -0.25) is 0 Å². The van der Waals surface area contributed by atoms with E-state index < -0.39 is 15.8 Å². The Bertz CT molecular complexity index is 1380. The second-order valence-electron chi connectivity index (χ2n) is 9.16. The minimum absolute atomic E-state index is 0.234. The number of ether oxygens (including phenoxy) is 3. The highest BCUT2D eigenvalue weighted by atomic mass is 32.2. The van der Waals surface area contributed by atoms with Gasteiger partial charge in [-0.15, -0.1) is 0 Å². The summed E-state index contributed by atoms with van der Waals surface area (Å²) in [5, 5.41) is 14.2. The summed E-state index contributed by atoms with van der Waals surface area (Å²) in [6.45, 7) is 2.52. The van der Waals surface area contributed by atoms with Crippen molar-refractivity contribution in [3.8, 4) is 5.88 Å². The number of aryl methyl sites for hydroxylation is 1. The zero-order valence-electron chi connectivity index (χ0n) is 19.3. The number of aliphatic hydroxyl groups excluding tert-OH is 1. The second kappa shape index (κ2) is 8.98. The number of pyridine rings is 1. The number of fused-ring (bicyclic) bond motifs is 2. The Labute approximate surface area is 203 Å². The van der Waals surface area contributed by atoms with Gasteiger partial charge in [0.15, 0.2) is 6.10 Å². The van der Waals surface area contributed by atoms with Crippen LogP contribution >= 0.6 is 0 Å². The summed E-state index contributed by atoms with van der Waals surface area (Å²) >= 11 is 0. The maximum absolute atomic E-state index is 12.9. The summed E-state index contributed by atoms with van der Waals surface area (Å²) in [5.74, 6) is 2.31. The molecule has 0 bridgehead atoms. The first-order valence-electron chi connectivity index (χ1n) is 11.8. The van der Waals surface area contributed by atoms with Crippen LogP contribution in [0.2, 0.25) is 0 Å². The van der Waals surface area contributed by atoms with Crippen molar-refractivity contribution in [2.24, 2.45) is 4.36 Å². The summed E-state index contributed by atoms with van der Waals surface area (Å²) in [7, 11) is -2.17. The molecule has 3 aliphatic heterocycles. The molecule has 2 N–H and O–H groups in total. The minimum Gasteiger partial charge on any atom is -0.468 e. The third-order valence-electron chi connectivity index (χ3n) is 6.64. The topological polar surface area (TPSA) is 128 Å². The first kappa shape index (κ1) is 22.6. The van der Waals surface area contributed by atoms with Crippen molar-refractivity contribution < 1.29 is 23.5 Å². The Balaban J connectivity index is 1.30. The summed E-state index contributed by atoms with van der Waals surface area (Å²) in [5.41, 5.74) is 2.97. The number of nitrogens with zero attached hydrogens (tertiary/aromatic N) is 4. The second-order valence-corrected chi connectivity index (χ2v) is 11.7. The van der Waals surface area contributed by atoms with Crippen LogP contribution in [0.3, 0.4) is 0 Å². The van der Waals surface area contributed by atoms with Crippen molar-refractivity contribution >= 4 is 37.8 Å². The van der Waals surface area contributed by atoms with Crippen LogP contribution in [0.5, 0.6) is 5.88 Å². The van der Waals surface area contributed by atoms with Gasteiger partial charge in [-0.25, -0.2) is 19.2 Å². The number of benzene rings is 1. The summed E-state index contributed by atoms with van der Waals surface area (Å²) in [6.07, 6.45) is 3.32. The molecule has 3 saturated heterocycles. The molecule has 2 unspecified atom stereocenters. The van der Waals surface area contributed by atoms with Gasteiger partial charge in [0.1, 0.15) is 36.1 Å². The minimum atomic E-state index is -2.17. The van der Waals surface area contributed by atoms with E-state index in [0.29, 0.717) is 46.7 Å². The van der Waals surface area contributed by atoms with E-state index in [1.807, 2.05) is 31.2 Å². The van der Waals surface area contributed by atoms with E-state index in [4.69, 9.17) is 14.2 Å². The van der Waals surface area contributed by atoms with Gasteiger partial charge in [0.2, 0.25) is 5.88 Å². The number of nitrogens with one attached hydrogen (secondary N) is 1. The fraction of sp³-hybridized carbons (Fsp3) is 0.458. The highest BCUT2D eigenvalue weighted by Gasteiger charge is 2.48. The van der Waals surface area contributed by atoms with Crippen LogP contribution in [0.15, 0.2) is 41.2 Å². The Kier molecular flexibility index (Phi) is 5.79. The van der Waals surface area contributed by atoms with Gasteiger partial charge in [-0.1, -0.05) is 0 Å². The third-order valence-corrected chi connectivity index (χ3v) is 9.03. The van der Waals surface area contributed by atoms with Gasteiger partial charge >= 0.3 is 0 Å². The SMILES string of the molecule is Cc1cc(N=S2(=O)CCCC2)cc2ncnc(Nc3cccnc3O[C@@H]3COC4C3OC[C@H]4O)c12. The van der Waals surface area contributed by atoms with E-state index in [0.717, 1.165) is 23.8 Å². The Morgan fingerprint density at radius 3 is 2.83 bits per heavy atom. The molecule has 0 spiro atoms. The molecule has 4 atom stereocenters. The maximum atomic E-state index is 12.9. The predicted molar refractivity (Wildman–Crippen MR) is 131 cm³/mol. The standard InChI is InChI=1S/C24H27N5O5S/c1-14-9-15(29-35(31)7-2-3-8-35)10-17-20(14)23(27-13-26-17)28-16-5-4-6-25-24(16)34-19-12-33-21-18(30)11-32-22(19)21/h4-6,9-10,13,18-19,21-22,30H,2-3,7-8,11-12H2,1H3,(H,26,27,28)/t18-,19-,21?,22?/m1/s1. The van der Waals surface area contributed by atoms with Gasteiger partial charge in [-0.05, 0) is 49.6 Å². The van der Waals surface area contributed by atoms with Crippen LogP contribution in [-0.2, 0) is 19.2 Å². The molecular formula is C24H27N5O5S. The van der Waals surface area contributed by atoms with Crippen molar-refractivity contribution in [3.05, 3.63) is 42.4 Å². The Morgan fingerprint density at radius 2 is 1.97 bits per heavy atom. The van der Waals surface area contributed by atoms with Crippen molar-refractivity contribution in [3.63, 3.8) is 0 Å². The van der Waals surface area contributed by atoms with Crippen LogP contribution in [0.1, 0.15) is 18.4 Å². The number of aliphatic hydroxyl groups is 1. The summed E-state index contributed by atoms with van der Waals surface area (Å²) in [4.78, 5) is 13.3. The predicted octanol–water partition coefficient (Wildman–Crippen LogP) is 2.88. The lowest BCUT2D eigenvalue weighted by atomic mass is 10.1. The van der Waals surface area contributed by atoms with Crippen LogP contribution in [-0.4, -0.2) is 73.4 Å². The molecule has 11 heteroatoms. The number of aromatic nitrogens is 3. The van der Waals surface area contributed by atoms with Crippen molar-refractivity contribution in [2.75, 3.05) is 30.0 Å². The van der Waals surface area contributed by atoms with Gasteiger partial charge in [0.25, 0.3) is 0 Å². The van der Waals surface area contributed by atoms with Crippen LogP contribution in [0.25, 0.3) is 10.9 Å². The lowest BCUT2D eigenvalue weighted by molar-refractivity contribution is 0.00795. The molecular weight excluding hydrogens is 470 g/mol. The largest absolute Gasteiger partial charge is 0.468 e. The first-order valence-corrected chi connectivity index (χ1v) is 13.6. The van der Waals surface area contributed by atoms with Crippen molar-refractivity contribution in [1.29, 1.82) is 0 Å². The van der Waals surface area contributed by atoms with Gasteiger partial charge in [0.05, 0.1) is 34.1 Å². The molecule has 3 aromatic rings. The number of hydrogen-bond donors (Lipinski definition) is 2. The zero-order chi connectivity index (χ0) is 24.0. The first-order chi connectivity index (χ1) is 17.0. The highest BCUT2D eigenvalue weighted by Crippen LogP contribution is 2.35. The molecule has 5 heterocycles. The molecule has 1 aromatic carbocycles. The van der Waals surface area contributed by atoms with Crippen LogP contribution in [0.4, 0.5) is 17.2 Å². The monoisotopic (exact) mass is 497 g/mol. The molecule has 3 aliphatic rings. The van der Waals surface area contributed by atoms with Gasteiger partial charge in [-0.2, -0.15) is 4.36 Å². The number of hydrogen-bond acceptors (Lipinski definition) is 10. The maximum Gasteiger partial charge on any atom is 0.238 e. The number of anilines is 2. The molecule has 10 nitrogen and oxygen atoms in total. The molecule has 184 valence electrons. The molecule has 0 radical (unpaired) electrons. The summed E-state index contributed by atoms with van der Waals surface area (Å²) in [6, 6.07) is 7.46. The summed E-state index contributed by atoms with van der Waals surface area (Å²) < 4.78 is 35.0. The van der Waals surface area contributed by atoms with Crippen molar-refractivity contribution in [1.82, 2.24) is 15.0 Å².